The van der Waals surface area contributed by atoms with Crippen LogP contribution >= 0.6 is 0 Å². The van der Waals surface area contributed by atoms with Crippen LogP contribution in [0.3, 0.4) is 0 Å². The fourth-order valence-electron chi connectivity index (χ4n) is 6.87. The van der Waals surface area contributed by atoms with Crippen molar-refractivity contribution in [3.8, 4) is 0 Å². The number of likely N-dealkylation sites (tertiary alicyclic amines) is 1. The topological polar surface area (TPSA) is 66.3 Å². The van der Waals surface area contributed by atoms with Crippen LogP contribution in [0.15, 0.2) is 12.1 Å². The Hall–Kier alpha value is -2.15. The van der Waals surface area contributed by atoms with Crippen molar-refractivity contribution in [1.29, 1.82) is 0 Å². The molecule has 3 fully saturated rings. The Kier molecular flexibility index (Phi) is 8.45. The van der Waals surface area contributed by atoms with E-state index in [-0.39, 0.29) is 11.9 Å². The van der Waals surface area contributed by atoms with Gasteiger partial charge in [-0.2, -0.15) is 5.10 Å². The lowest BCUT2D eigenvalue weighted by atomic mass is 9.88. The molecule has 7 nitrogen and oxygen atoms in total. The van der Waals surface area contributed by atoms with E-state index in [9.17, 15) is 4.79 Å². The second-order valence-electron chi connectivity index (χ2n) is 11.5. The molecule has 0 spiro atoms. The second kappa shape index (κ2) is 11.9. The largest absolute Gasteiger partial charge is 0.354 e. The molecule has 0 radical (unpaired) electrons. The summed E-state index contributed by atoms with van der Waals surface area (Å²) in [7, 11) is 1.90. The highest BCUT2D eigenvalue weighted by molar-refractivity contribution is 6.04. The standard InChI is InChI=1S/C29H46N6O/c1-3-35(24-13-9-4-5-10-14-24)26-16-15-25-27(32-33(2)28(25)31-26)29(36)30-23-17-19-34(20-18-23)21-22-11-7-6-8-12-22/h15-16,22-24H,3-14,17-21H2,1-2H3,(H,30,36). The molecule has 2 aromatic rings. The van der Waals surface area contributed by atoms with Crippen LogP contribution < -0.4 is 10.2 Å². The summed E-state index contributed by atoms with van der Waals surface area (Å²) in [5.74, 6) is 1.84. The van der Waals surface area contributed by atoms with Crippen molar-refractivity contribution >= 4 is 22.8 Å². The average Bonchev–Trinajstić information content (AvgIpc) is 3.05. The second-order valence-corrected chi connectivity index (χ2v) is 11.5. The van der Waals surface area contributed by atoms with E-state index in [1.54, 1.807) is 4.68 Å². The van der Waals surface area contributed by atoms with Gasteiger partial charge >= 0.3 is 0 Å². The molecule has 1 N–H and O–H groups in total. The molecule has 198 valence electrons. The van der Waals surface area contributed by atoms with Gasteiger partial charge < -0.3 is 15.1 Å². The first-order valence-corrected chi connectivity index (χ1v) is 14.8. The van der Waals surface area contributed by atoms with Crippen LogP contribution in [-0.2, 0) is 7.05 Å². The van der Waals surface area contributed by atoms with Crippen molar-refractivity contribution in [2.75, 3.05) is 31.1 Å². The number of amides is 1. The van der Waals surface area contributed by atoms with Crippen molar-refractivity contribution in [2.45, 2.75) is 102 Å². The van der Waals surface area contributed by atoms with Crippen molar-refractivity contribution in [3.63, 3.8) is 0 Å². The van der Waals surface area contributed by atoms with E-state index in [1.807, 2.05) is 7.05 Å². The number of rotatable bonds is 7. The van der Waals surface area contributed by atoms with Crippen LogP contribution in [0.1, 0.15) is 101 Å². The third-order valence-electron chi connectivity index (χ3n) is 8.95. The number of aryl methyl sites for hydroxylation is 1. The third kappa shape index (κ3) is 5.87. The Morgan fingerprint density at radius 2 is 1.64 bits per heavy atom. The number of fused-ring (bicyclic) bond motifs is 1. The Labute approximate surface area is 217 Å². The predicted octanol–water partition coefficient (Wildman–Crippen LogP) is 5.29. The van der Waals surface area contributed by atoms with Crippen molar-refractivity contribution in [2.24, 2.45) is 13.0 Å². The van der Waals surface area contributed by atoms with Crippen LogP contribution in [0, 0.1) is 5.92 Å². The third-order valence-corrected chi connectivity index (χ3v) is 8.95. The molecule has 5 rings (SSSR count). The lowest BCUT2D eigenvalue weighted by Gasteiger charge is -2.35. The van der Waals surface area contributed by atoms with Crippen LogP contribution in [0.2, 0.25) is 0 Å². The van der Waals surface area contributed by atoms with Crippen molar-refractivity contribution in [1.82, 2.24) is 25.0 Å². The summed E-state index contributed by atoms with van der Waals surface area (Å²) in [5.41, 5.74) is 1.31. The van der Waals surface area contributed by atoms with E-state index >= 15 is 0 Å². The van der Waals surface area contributed by atoms with Crippen LogP contribution in [0.4, 0.5) is 5.82 Å². The molecule has 1 amide bonds. The van der Waals surface area contributed by atoms with Crippen LogP contribution in [0.25, 0.3) is 11.0 Å². The zero-order valence-electron chi connectivity index (χ0n) is 22.6. The maximum atomic E-state index is 13.3. The number of nitrogens with one attached hydrogen (secondary N) is 1. The minimum absolute atomic E-state index is 0.0583. The molecule has 2 saturated carbocycles. The molecule has 0 bridgehead atoms. The molecule has 3 aliphatic rings. The first-order chi connectivity index (χ1) is 17.6. The van der Waals surface area contributed by atoms with Gasteiger partial charge in [-0.3, -0.25) is 4.79 Å². The normalized spacial score (nSPS) is 21.5. The summed E-state index contributed by atoms with van der Waals surface area (Å²) >= 11 is 0. The molecule has 0 aromatic carbocycles. The van der Waals surface area contributed by atoms with E-state index in [1.165, 1.54) is 77.2 Å². The highest BCUT2D eigenvalue weighted by Gasteiger charge is 2.27. The molecule has 3 heterocycles. The fraction of sp³-hybridized carbons (Fsp3) is 0.759. The lowest BCUT2D eigenvalue weighted by molar-refractivity contribution is 0.0897. The molecule has 1 aliphatic heterocycles. The van der Waals surface area contributed by atoms with E-state index in [0.29, 0.717) is 11.7 Å². The van der Waals surface area contributed by atoms with Crippen LogP contribution in [-0.4, -0.2) is 63.8 Å². The molecular formula is C29H46N6O. The Balaban J connectivity index is 1.22. The fourth-order valence-corrected chi connectivity index (χ4v) is 6.87. The monoisotopic (exact) mass is 494 g/mol. The van der Waals surface area contributed by atoms with Gasteiger partial charge in [-0.1, -0.05) is 44.9 Å². The Bertz CT molecular complexity index is 997. The van der Waals surface area contributed by atoms with Gasteiger partial charge in [-0.05, 0) is 63.5 Å². The summed E-state index contributed by atoms with van der Waals surface area (Å²) in [6.07, 6.45) is 16.9. The highest BCUT2D eigenvalue weighted by atomic mass is 16.2. The molecule has 2 aliphatic carbocycles. The van der Waals surface area contributed by atoms with E-state index in [0.717, 1.165) is 55.2 Å². The van der Waals surface area contributed by atoms with Gasteiger partial charge in [0.05, 0.1) is 5.39 Å². The summed E-state index contributed by atoms with van der Waals surface area (Å²) in [6, 6.07) is 4.95. The molecule has 1 saturated heterocycles. The number of hydrogen-bond donors (Lipinski definition) is 1. The number of piperidine rings is 1. The van der Waals surface area contributed by atoms with Gasteiger partial charge in [0.2, 0.25) is 0 Å². The van der Waals surface area contributed by atoms with E-state index in [2.05, 4.69) is 39.3 Å². The predicted molar refractivity (Wildman–Crippen MR) is 147 cm³/mol. The van der Waals surface area contributed by atoms with Gasteiger partial charge in [-0.25, -0.2) is 9.67 Å². The molecule has 0 atom stereocenters. The smallest absolute Gasteiger partial charge is 0.272 e. The van der Waals surface area contributed by atoms with Gasteiger partial charge in [0.25, 0.3) is 5.91 Å². The molecule has 0 unspecified atom stereocenters. The maximum Gasteiger partial charge on any atom is 0.272 e. The zero-order chi connectivity index (χ0) is 24.9. The number of hydrogen-bond acceptors (Lipinski definition) is 5. The van der Waals surface area contributed by atoms with Gasteiger partial charge in [0.15, 0.2) is 11.3 Å². The average molecular weight is 495 g/mol. The number of carbonyl (C=O) groups is 1. The van der Waals surface area contributed by atoms with Gasteiger partial charge in [0, 0.05) is 45.3 Å². The number of carbonyl (C=O) groups excluding carboxylic acids is 1. The van der Waals surface area contributed by atoms with E-state index < -0.39 is 0 Å². The Morgan fingerprint density at radius 3 is 2.33 bits per heavy atom. The summed E-state index contributed by atoms with van der Waals surface area (Å²) in [6.45, 7) is 6.59. The molecule has 2 aromatic heterocycles. The highest BCUT2D eigenvalue weighted by Crippen LogP contribution is 2.28. The number of pyridine rings is 1. The van der Waals surface area contributed by atoms with Crippen molar-refractivity contribution in [3.05, 3.63) is 17.8 Å². The quantitative estimate of drug-likeness (QED) is 0.530. The van der Waals surface area contributed by atoms with Gasteiger partial charge in [-0.15, -0.1) is 0 Å². The zero-order valence-corrected chi connectivity index (χ0v) is 22.6. The first-order valence-electron chi connectivity index (χ1n) is 14.8. The first kappa shape index (κ1) is 25.5. The summed E-state index contributed by atoms with van der Waals surface area (Å²) < 4.78 is 1.78. The lowest BCUT2D eigenvalue weighted by Crippen LogP contribution is -2.46. The summed E-state index contributed by atoms with van der Waals surface area (Å²) in [5, 5.41) is 8.76. The Morgan fingerprint density at radius 1 is 0.972 bits per heavy atom. The minimum Gasteiger partial charge on any atom is -0.354 e. The van der Waals surface area contributed by atoms with Gasteiger partial charge in [0.1, 0.15) is 5.82 Å². The maximum absolute atomic E-state index is 13.3. The van der Waals surface area contributed by atoms with Crippen LogP contribution in [0.5, 0.6) is 0 Å². The number of aromatic nitrogens is 3. The SMILES string of the molecule is CCN(c1ccc2c(C(=O)NC3CCN(CC4CCCCC4)CC3)nn(C)c2n1)C1CCCCCC1. The number of anilines is 1. The molecule has 7 heteroatoms. The molecular weight excluding hydrogens is 448 g/mol. The van der Waals surface area contributed by atoms with E-state index in [4.69, 9.17) is 4.98 Å². The summed E-state index contributed by atoms with van der Waals surface area (Å²) in [4.78, 5) is 23.3. The minimum atomic E-state index is -0.0583. The molecule has 36 heavy (non-hydrogen) atoms. The van der Waals surface area contributed by atoms with Crippen molar-refractivity contribution < 1.29 is 4.79 Å². The number of nitrogens with zero attached hydrogens (tertiary/aromatic N) is 5.